The number of nitrogens with two attached hydrogens (primary N) is 1. The van der Waals surface area contributed by atoms with E-state index >= 15 is 0 Å². The molecule has 6 N–H and O–H groups in total. The summed E-state index contributed by atoms with van der Waals surface area (Å²) >= 11 is 0. The van der Waals surface area contributed by atoms with E-state index < -0.39 is 29.9 Å². The van der Waals surface area contributed by atoms with Gasteiger partial charge < -0.3 is 26.5 Å². The maximum atomic E-state index is 11.8. The Balaban J connectivity index is 2.39. The minimum absolute atomic E-state index is 0.261. The number of carbonyl (C=O) groups excluding carboxylic acids is 2. The lowest BCUT2D eigenvalue weighted by molar-refractivity contribution is -0.143. The number of aromatic amines is 1. The van der Waals surface area contributed by atoms with Gasteiger partial charge in [-0.1, -0.05) is 13.8 Å². The van der Waals surface area contributed by atoms with Crippen LogP contribution in [0.25, 0.3) is 0 Å². The summed E-state index contributed by atoms with van der Waals surface area (Å²) in [7, 11) is 0. The lowest BCUT2D eigenvalue weighted by Crippen LogP contribution is -2.50. The fourth-order valence-corrected chi connectivity index (χ4v) is 1.76. The summed E-state index contributed by atoms with van der Waals surface area (Å²) in [5.74, 6) is -2.46. The van der Waals surface area contributed by atoms with Crippen LogP contribution in [0.2, 0.25) is 0 Å². The molecule has 0 saturated carbocycles. The van der Waals surface area contributed by atoms with E-state index in [4.69, 9.17) is 10.8 Å². The predicted molar refractivity (Wildman–Crippen MR) is 77.7 cm³/mol. The van der Waals surface area contributed by atoms with Crippen LogP contribution >= 0.6 is 0 Å². The van der Waals surface area contributed by atoms with E-state index in [1.807, 2.05) is 0 Å². The molecule has 2 amide bonds. The van der Waals surface area contributed by atoms with Gasteiger partial charge in [0.2, 0.25) is 11.8 Å². The molecule has 9 heteroatoms. The predicted octanol–water partition coefficient (Wildman–Crippen LogP) is -1.38. The Labute approximate surface area is 127 Å². The van der Waals surface area contributed by atoms with Crippen LogP contribution in [-0.2, 0) is 20.8 Å². The summed E-state index contributed by atoms with van der Waals surface area (Å²) in [5, 5.41) is 13.7. The SMILES string of the molecule is CC(C)C(NC(=O)CNC(=O)C(N)Cc1cnc[nH]1)C(=O)O. The Kier molecular flexibility index (Phi) is 6.51. The second kappa shape index (κ2) is 8.13. The van der Waals surface area contributed by atoms with Crippen LogP contribution < -0.4 is 16.4 Å². The summed E-state index contributed by atoms with van der Waals surface area (Å²) in [6.07, 6.45) is 3.29. The Bertz CT molecular complexity index is 515. The number of hydrogen-bond donors (Lipinski definition) is 5. The second-order valence-electron chi connectivity index (χ2n) is 5.23. The van der Waals surface area contributed by atoms with Gasteiger partial charge in [-0.15, -0.1) is 0 Å². The number of aliphatic carboxylic acids is 1. The molecule has 1 rings (SSSR count). The molecule has 0 spiro atoms. The quantitative estimate of drug-likeness (QED) is 0.399. The molecule has 0 fully saturated rings. The van der Waals surface area contributed by atoms with Crippen molar-refractivity contribution in [3.8, 4) is 0 Å². The highest BCUT2D eigenvalue weighted by molar-refractivity contribution is 5.89. The van der Waals surface area contributed by atoms with E-state index in [0.29, 0.717) is 5.69 Å². The number of nitrogens with one attached hydrogen (secondary N) is 3. The van der Waals surface area contributed by atoms with Crippen LogP contribution in [0.4, 0.5) is 0 Å². The molecule has 1 aromatic heterocycles. The van der Waals surface area contributed by atoms with Crippen molar-refractivity contribution >= 4 is 17.8 Å². The molecule has 0 aliphatic heterocycles. The van der Waals surface area contributed by atoms with Gasteiger partial charge in [-0.25, -0.2) is 9.78 Å². The van der Waals surface area contributed by atoms with Gasteiger partial charge >= 0.3 is 5.97 Å². The number of hydrogen-bond acceptors (Lipinski definition) is 5. The molecule has 2 atom stereocenters. The number of H-pyrrole nitrogens is 1. The van der Waals surface area contributed by atoms with Crippen molar-refractivity contribution in [2.75, 3.05) is 6.54 Å². The monoisotopic (exact) mass is 311 g/mol. The maximum absolute atomic E-state index is 11.8. The molecule has 0 radical (unpaired) electrons. The zero-order chi connectivity index (χ0) is 16.7. The standard InChI is InChI=1S/C13H21N5O4/c1-7(2)11(13(21)22)18-10(19)5-16-12(20)9(14)3-8-4-15-6-17-8/h4,6-7,9,11H,3,5,14H2,1-2H3,(H,15,17)(H,16,20)(H,18,19)(H,21,22). The van der Waals surface area contributed by atoms with Crippen LogP contribution in [0, 0.1) is 5.92 Å². The molecule has 0 bridgehead atoms. The Hall–Kier alpha value is -2.42. The normalized spacial score (nSPS) is 13.5. The minimum Gasteiger partial charge on any atom is -0.480 e. The van der Waals surface area contributed by atoms with Crippen molar-refractivity contribution in [3.05, 3.63) is 18.2 Å². The van der Waals surface area contributed by atoms with E-state index in [-0.39, 0.29) is 18.9 Å². The summed E-state index contributed by atoms with van der Waals surface area (Å²) < 4.78 is 0. The van der Waals surface area contributed by atoms with Crippen molar-refractivity contribution in [2.24, 2.45) is 11.7 Å². The summed E-state index contributed by atoms with van der Waals surface area (Å²) in [5.41, 5.74) is 6.41. The van der Waals surface area contributed by atoms with E-state index in [9.17, 15) is 14.4 Å². The van der Waals surface area contributed by atoms with Crippen molar-refractivity contribution in [1.82, 2.24) is 20.6 Å². The molecule has 1 heterocycles. The first-order valence-corrected chi connectivity index (χ1v) is 6.84. The third kappa shape index (κ3) is 5.52. The van der Waals surface area contributed by atoms with Gasteiger partial charge in [0.1, 0.15) is 6.04 Å². The van der Waals surface area contributed by atoms with Crippen LogP contribution in [0.5, 0.6) is 0 Å². The smallest absolute Gasteiger partial charge is 0.326 e. The molecule has 9 nitrogen and oxygen atoms in total. The first-order chi connectivity index (χ1) is 10.3. The molecule has 0 aromatic carbocycles. The molecule has 122 valence electrons. The average molecular weight is 311 g/mol. The molecule has 22 heavy (non-hydrogen) atoms. The number of imidazole rings is 1. The van der Waals surface area contributed by atoms with Crippen molar-refractivity contribution in [2.45, 2.75) is 32.4 Å². The number of carboxylic acids is 1. The van der Waals surface area contributed by atoms with Gasteiger partial charge in [0.25, 0.3) is 0 Å². The van der Waals surface area contributed by atoms with E-state index in [1.54, 1.807) is 20.0 Å². The highest BCUT2D eigenvalue weighted by Crippen LogP contribution is 2.01. The average Bonchev–Trinajstić information content (AvgIpc) is 2.94. The first kappa shape index (κ1) is 17.6. The lowest BCUT2D eigenvalue weighted by Gasteiger charge is -2.18. The zero-order valence-corrected chi connectivity index (χ0v) is 12.5. The van der Waals surface area contributed by atoms with Gasteiger partial charge in [0.05, 0.1) is 18.9 Å². The van der Waals surface area contributed by atoms with Gasteiger partial charge in [0, 0.05) is 18.3 Å². The van der Waals surface area contributed by atoms with E-state index in [1.165, 1.54) is 6.33 Å². The van der Waals surface area contributed by atoms with Crippen LogP contribution in [-0.4, -0.2) is 51.5 Å². The third-order valence-corrected chi connectivity index (χ3v) is 3.00. The zero-order valence-electron chi connectivity index (χ0n) is 12.5. The molecule has 0 aliphatic carbocycles. The highest BCUT2D eigenvalue weighted by atomic mass is 16.4. The summed E-state index contributed by atoms with van der Waals surface area (Å²) in [6.45, 7) is 3.03. The summed E-state index contributed by atoms with van der Waals surface area (Å²) in [4.78, 5) is 41.0. The molecule has 1 aromatic rings. The van der Waals surface area contributed by atoms with Crippen molar-refractivity contribution in [1.29, 1.82) is 0 Å². The van der Waals surface area contributed by atoms with Gasteiger partial charge in [-0.3, -0.25) is 9.59 Å². The van der Waals surface area contributed by atoms with Crippen LogP contribution in [0.15, 0.2) is 12.5 Å². The first-order valence-electron chi connectivity index (χ1n) is 6.84. The molecule has 2 unspecified atom stereocenters. The number of carbonyl (C=O) groups is 3. The van der Waals surface area contributed by atoms with E-state index in [0.717, 1.165) is 0 Å². The number of nitrogens with zero attached hydrogens (tertiary/aromatic N) is 1. The molecule has 0 aliphatic rings. The highest BCUT2D eigenvalue weighted by Gasteiger charge is 2.23. The Morgan fingerprint density at radius 3 is 2.59 bits per heavy atom. The van der Waals surface area contributed by atoms with Crippen LogP contribution in [0.3, 0.4) is 0 Å². The fraction of sp³-hybridized carbons (Fsp3) is 0.538. The summed E-state index contributed by atoms with van der Waals surface area (Å²) in [6, 6.07) is -1.82. The van der Waals surface area contributed by atoms with Gasteiger partial charge in [0.15, 0.2) is 0 Å². The number of amides is 2. The third-order valence-electron chi connectivity index (χ3n) is 3.00. The van der Waals surface area contributed by atoms with Crippen LogP contribution in [0.1, 0.15) is 19.5 Å². The molecular weight excluding hydrogens is 290 g/mol. The molecule has 0 saturated heterocycles. The van der Waals surface area contributed by atoms with Gasteiger partial charge in [-0.2, -0.15) is 0 Å². The van der Waals surface area contributed by atoms with Crippen molar-refractivity contribution in [3.63, 3.8) is 0 Å². The number of aromatic nitrogens is 2. The largest absolute Gasteiger partial charge is 0.480 e. The number of carboxylic acid groups (broad SMARTS) is 1. The number of rotatable bonds is 8. The minimum atomic E-state index is -1.12. The lowest BCUT2D eigenvalue weighted by atomic mass is 10.0. The Morgan fingerprint density at radius 1 is 1.41 bits per heavy atom. The van der Waals surface area contributed by atoms with Crippen molar-refractivity contribution < 1.29 is 19.5 Å². The maximum Gasteiger partial charge on any atom is 0.326 e. The molecular formula is C13H21N5O4. The Morgan fingerprint density at radius 2 is 2.09 bits per heavy atom. The van der Waals surface area contributed by atoms with E-state index in [2.05, 4.69) is 20.6 Å². The topological polar surface area (TPSA) is 150 Å². The second-order valence-corrected chi connectivity index (χ2v) is 5.23. The fourth-order valence-electron chi connectivity index (χ4n) is 1.76. The van der Waals surface area contributed by atoms with Gasteiger partial charge in [-0.05, 0) is 5.92 Å².